The molecule has 2 aromatic carbocycles. The van der Waals surface area contributed by atoms with Crippen molar-refractivity contribution in [2.24, 2.45) is 0 Å². The Labute approximate surface area is 168 Å². The van der Waals surface area contributed by atoms with Gasteiger partial charge in [-0.2, -0.15) is 0 Å². The van der Waals surface area contributed by atoms with Gasteiger partial charge in [0.05, 0.1) is 16.0 Å². The highest BCUT2D eigenvalue weighted by Gasteiger charge is 2.20. The fourth-order valence-corrected chi connectivity index (χ4v) is 5.27. The second-order valence-corrected chi connectivity index (χ2v) is 9.09. The molecule has 0 radical (unpaired) electrons. The number of nitrogens with zero attached hydrogens (tertiary/aromatic N) is 2. The number of carbonyl (C=O) groups excluding carboxylic acids is 1. The molecule has 27 heavy (non-hydrogen) atoms. The number of amides is 1. The minimum absolute atomic E-state index is 0.112. The molecule has 1 aromatic heterocycles. The average molecular weight is 398 g/mol. The lowest BCUT2D eigenvalue weighted by molar-refractivity contribution is -0.119. The quantitative estimate of drug-likeness (QED) is 0.634. The van der Waals surface area contributed by atoms with Crippen LogP contribution in [0.1, 0.15) is 18.4 Å². The van der Waals surface area contributed by atoms with Crippen molar-refractivity contribution in [1.82, 2.24) is 15.2 Å². The maximum atomic E-state index is 12.3. The molecule has 1 fully saturated rings. The monoisotopic (exact) mass is 397 g/mol. The van der Waals surface area contributed by atoms with Gasteiger partial charge < -0.3 is 5.32 Å². The van der Waals surface area contributed by atoms with Crippen molar-refractivity contribution in [3.8, 4) is 0 Å². The van der Waals surface area contributed by atoms with E-state index in [4.69, 9.17) is 0 Å². The molecule has 4 rings (SSSR count). The third-order valence-corrected chi connectivity index (χ3v) is 6.98. The summed E-state index contributed by atoms with van der Waals surface area (Å²) in [6.07, 6.45) is 2.04. The topological polar surface area (TPSA) is 45.2 Å². The summed E-state index contributed by atoms with van der Waals surface area (Å²) in [6, 6.07) is 19.0. The predicted octanol–water partition coefficient (Wildman–Crippen LogP) is 4.17. The summed E-state index contributed by atoms with van der Waals surface area (Å²) in [6.45, 7) is 3.06. The zero-order valence-corrected chi connectivity index (χ0v) is 16.8. The number of carbonyl (C=O) groups is 1. The summed E-state index contributed by atoms with van der Waals surface area (Å²) in [7, 11) is 0. The van der Waals surface area contributed by atoms with E-state index < -0.39 is 0 Å². The largest absolute Gasteiger partial charge is 0.353 e. The summed E-state index contributed by atoms with van der Waals surface area (Å²) < 4.78 is 2.13. The van der Waals surface area contributed by atoms with Crippen LogP contribution in [0.5, 0.6) is 0 Å². The number of benzene rings is 2. The van der Waals surface area contributed by atoms with Gasteiger partial charge in [0.2, 0.25) is 5.91 Å². The van der Waals surface area contributed by atoms with Gasteiger partial charge in [0.25, 0.3) is 0 Å². The van der Waals surface area contributed by atoms with Crippen LogP contribution in [0.25, 0.3) is 10.2 Å². The lowest BCUT2D eigenvalue weighted by Crippen LogP contribution is -2.44. The SMILES string of the molecule is O=C(CSc1nc2ccccc2s1)NC1CCN(Cc2ccccc2)CC1. The van der Waals surface area contributed by atoms with Crippen LogP contribution in [0.15, 0.2) is 58.9 Å². The Balaban J connectivity index is 1.20. The van der Waals surface area contributed by atoms with Crippen molar-refractivity contribution >= 4 is 39.2 Å². The fourth-order valence-electron chi connectivity index (χ4n) is 3.39. The van der Waals surface area contributed by atoms with Gasteiger partial charge in [-0.25, -0.2) is 4.98 Å². The summed E-state index contributed by atoms with van der Waals surface area (Å²) in [4.78, 5) is 19.3. The number of para-hydroxylation sites is 1. The van der Waals surface area contributed by atoms with E-state index in [0.717, 1.165) is 42.3 Å². The molecule has 6 heteroatoms. The first kappa shape index (κ1) is 18.5. The Kier molecular flexibility index (Phi) is 6.07. The highest BCUT2D eigenvalue weighted by molar-refractivity contribution is 8.01. The van der Waals surface area contributed by atoms with Crippen LogP contribution in [-0.2, 0) is 11.3 Å². The van der Waals surface area contributed by atoms with Gasteiger partial charge in [-0.3, -0.25) is 9.69 Å². The molecule has 0 saturated carbocycles. The fraction of sp³-hybridized carbons (Fsp3) is 0.333. The van der Waals surface area contributed by atoms with Gasteiger partial charge in [0.1, 0.15) is 0 Å². The summed E-state index contributed by atoms with van der Waals surface area (Å²) >= 11 is 3.18. The first-order chi connectivity index (χ1) is 13.3. The van der Waals surface area contributed by atoms with Crippen molar-refractivity contribution < 1.29 is 4.79 Å². The Morgan fingerprint density at radius 3 is 2.63 bits per heavy atom. The number of nitrogens with one attached hydrogen (secondary N) is 1. The standard InChI is InChI=1S/C21H23N3OS2/c25-20(15-26-21-23-18-8-4-5-9-19(18)27-21)22-17-10-12-24(13-11-17)14-16-6-2-1-3-7-16/h1-9,17H,10-15H2,(H,22,25). The van der Waals surface area contributed by atoms with Crippen molar-refractivity contribution in [1.29, 1.82) is 0 Å². The molecule has 1 saturated heterocycles. The molecule has 4 nitrogen and oxygen atoms in total. The highest BCUT2D eigenvalue weighted by atomic mass is 32.2. The van der Waals surface area contributed by atoms with Crippen LogP contribution in [0.4, 0.5) is 0 Å². The number of hydrogen-bond acceptors (Lipinski definition) is 5. The van der Waals surface area contributed by atoms with Gasteiger partial charge in [0.15, 0.2) is 4.34 Å². The number of likely N-dealkylation sites (tertiary alicyclic amines) is 1. The molecule has 1 N–H and O–H groups in total. The van der Waals surface area contributed by atoms with Gasteiger partial charge in [-0.1, -0.05) is 54.2 Å². The second kappa shape index (κ2) is 8.87. The average Bonchev–Trinajstić information content (AvgIpc) is 3.12. The number of thiazole rings is 1. The smallest absolute Gasteiger partial charge is 0.230 e. The van der Waals surface area contributed by atoms with E-state index in [1.54, 1.807) is 11.3 Å². The maximum absolute atomic E-state index is 12.3. The zero-order valence-electron chi connectivity index (χ0n) is 15.1. The number of fused-ring (bicyclic) bond motifs is 1. The van der Waals surface area contributed by atoms with Crippen LogP contribution in [-0.4, -0.2) is 40.7 Å². The molecule has 0 bridgehead atoms. The molecule has 2 heterocycles. The first-order valence-electron chi connectivity index (χ1n) is 9.30. The zero-order chi connectivity index (χ0) is 18.5. The van der Waals surface area contributed by atoms with E-state index in [1.807, 2.05) is 18.2 Å². The maximum Gasteiger partial charge on any atom is 0.230 e. The van der Waals surface area contributed by atoms with Gasteiger partial charge in [-0.05, 0) is 30.5 Å². The number of hydrogen-bond donors (Lipinski definition) is 1. The van der Waals surface area contributed by atoms with Crippen LogP contribution < -0.4 is 5.32 Å². The molecule has 1 aliphatic heterocycles. The van der Waals surface area contributed by atoms with Crippen LogP contribution in [0.2, 0.25) is 0 Å². The van der Waals surface area contributed by atoms with E-state index in [9.17, 15) is 4.79 Å². The molecule has 0 aliphatic carbocycles. The molecule has 0 atom stereocenters. The van der Waals surface area contributed by atoms with Gasteiger partial charge in [-0.15, -0.1) is 11.3 Å². The molecule has 1 amide bonds. The van der Waals surface area contributed by atoms with Crippen molar-refractivity contribution in [2.45, 2.75) is 29.8 Å². The Morgan fingerprint density at radius 1 is 1.11 bits per heavy atom. The summed E-state index contributed by atoms with van der Waals surface area (Å²) in [5, 5.41) is 3.20. The molecule has 140 valence electrons. The third kappa shape index (κ3) is 5.09. The Hall–Kier alpha value is -1.89. The number of thioether (sulfide) groups is 1. The van der Waals surface area contributed by atoms with E-state index in [2.05, 4.69) is 51.6 Å². The third-order valence-electron chi connectivity index (χ3n) is 4.80. The highest BCUT2D eigenvalue weighted by Crippen LogP contribution is 2.29. The van der Waals surface area contributed by atoms with Crippen molar-refractivity contribution in [2.75, 3.05) is 18.8 Å². The van der Waals surface area contributed by atoms with Crippen LogP contribution in [0.3, 0.4) is 0 Å². The van der Waals surface area contributed by atoms with E-state index >= 15 is 0 Å². The number of piperidine rings is 1. The Morgan fingerprint density at radius 2 is 1.85 bits per heavy atom. The van der Waals surface area contributed by atoms with Crippen LogP contribution in [0, 0.1) is 0 Å². The molecular weight excluding hydrogens is 374 g/mol. The number of rotatable bonds is 6. The number of aromatic nitrogens is 1. The van der Waals surface area contributed by atoms with E-state index in [1.165, 1.54) is 22.0 Å². The molecule has 1 aliphatic rings. The minimum atomic E-state index is 0.112. The predicted molar refractivity (Wildman–Crippen MR) is 113 cm³/mol. The second-order valence-electron chi connectivity index (χ2n) is 6.84. The van der Waals surface area contributed by atoms with Crippen molar-refractivity contribution in [3.05, 3.63) is 60.2 Å². The lowest BCUT2D eigenvalue weighted by atomic mass is 10.0. The molecule has 0 unspecified atom stereocenters. The van der Waals surface area contributed by atoms with Gasteiger partial charge in [0, 0.05) is 25.7 Å². The normalized spacial score (nSPS) is 15.9. The molecule has 0 spiro atoms. The lowest BCUT2D eigenvalue weighted by Gasteiger charge is -2.32. The van der Waals surface area contributed by atoms with Crippen LogP contribution >= 0.6 is 23.1 Å². The molecule has 3 aromatic rings. The van der Waals surface area contributed by atoms with Crippen molar-refractivity contribution in [3.63, 3.8) is 0 Å². The first-order valence-corrected chi connectivity index (χ1v) is 11.1. The minimum Gasteiger partial charge on any atom is -0.353 e. The summed E-state index contributed by atoms with van der Waals surface area (Å²) in [5.41, 5.74) is 2.36. The Bertz CT molecular complexity index is 856. The molecular formula is C21H23N3OS2. The van der Waals surface area contributed by atoms with E-state index in [0.29, 0.717) is 11.8 Å². The van der Waals surface area contributed by atoms with E-state index in [-0.39, 0.29) is 5.91 Å². The summed E-state index contributed by atoms with van der Waals surface area (Å²) in [5.74, 6) is 0.546. The van der Waals surface area contributed by atoms with Gasteiger partial charge >= 0.3 is 0 Å².